The molecule has 2 nitrogen and oxygen atoms in total. The van der Waals surface area contributed by atoms with E-state index >= 15 is 0 Å². The lowest BCUT2D eigenvalue weighted by molar-refractivity contribution is 0.0264. The number of rotatable bonds is 6. The van der Waals surface area contributed by atoms with Crippen LogP contribution in [-0.4, -0.2) is 24.3 Å². The maximum atomic E-state index is 10.5. The maximum absolute atomic E-state index is 10.5. The second kappa shape index (κ2) is 6.21. The van der Waals surface area contributed by atoms with Crippen LogP contribution in [0.4, 0.5) is 0 Å². The molecule has 3 unspecified atom stereocenters. The first kappa shape index (κ1) is 13.5. The summed E-state index contributed by atoms with van der Waals surface area (Å²) in [6.07, 6.45) is 12.6. The minimum atomic E-state index is -0.315. The number of aliphatic hydroxyl groups is 1. The van der Waals surface area contributed by atoms with Crippen LogP contribution in [0.3, 0.4) is 0 Å². The van der Waals surface area contributed by atoms with Gasteiger partial charge in [0.25, 0.3) is 0 Å². The van der Waals surface area contributed by atoms with Crippen LogP contribution in [0, 0.1) is 5.41 Å². The van der Waals surface area contributed by atoms with Gasteiger partial charge in [-0.15, -0.1) is 0 Å². The van der Waals surface area contributed by atoms with Crippen molar-refractivity contribution < 1.29 is 5.11 Å². The molecule has 0 saturated carbocycles. The first-order valence-corrected chi connectivity index (χ1v) is 6.36. The van der Waals surface area contributed by atoms with E-state index in [1.807, 2.05) is 14.0 Å². The first-order valence-electron chi connectivity index (χ1n) is 6.36. The molecule has 0 aliphatic heterocycles. The lowest BCUT2D eigenvalue weighted by Crippen LogP contribution is -2.46. The lowest BCUT2D eigenvalue weighted by Gasteiger charge is -2.39. The molecule has 1 aliphatic rings. The fourth-order valence-corrected chi connectivity index (χ4v) is 2.40. The van der Waals surface area contributed by atoms with Crippen LogP contribution in [0.2, 0.25) is 0 Å². The monoisotopic (exact) mass is 223 g/mol. The van der Waals surface area contributed by atoms with E-state index in [0.717, 1.165) is 12.8 Å². The smallest absolute Gasteiger partial charge is 0.0783 e. The highest BCUT2D eigenvalue weighted by Gasteiger charge is 2.37. The fourth-order valence-electron chi connectivity index (χ4n) is 2.40. The Kier molecular flexibility index (Phi) is 5.23. The van der Waals surface area contributed by atoms with Crippen LogP contribution < -0.4 is 5.32 Å². The Hall–Kier alpha value is -0.600. The van der Waals surface area contributed by atoms with Gasteiger partial charge in [-0.2, -0.15) is 0 Å². The van der Waals surface area contributed by atoms with Gasteiger partial charge in [-0.3, -0.25) is 0 Å². The molecule has 1 aliphatic carbocycles. The van der Waals surface area contributed by atoms with Gasteiger partial charge in [0.15, 0.2) is 0 Å². The molecule has 0 aromatic heterocycles. The highest BCUT2D eigenvalue weighted by Crippen LogP contribution is 2.38. The SMILES string of the molecule is CCCCC1(C(O)C(C)NC)C=CC=CC1. The molecule has 0 aromatic rings. The fraction of sp³-hybridized carbons (Fsp3) is 0.714. The van der Waals surface area contributed by atoms with Crippen LogP contribution in [0.5, 0.6) is 0 Å². The van der Waals surface area contributed by atoms with E-state index in [-0.39, 0.29) is 17.6 Å². The Labute approximate surface area is 99.4 Å². The molecule has 16 heavy (non-hydrogen) atoms. The summed E-state index contributed by atoms with van der Waals surface area (Å²) in [6.45, 7) is 4.24. The van der Waals surface area contributed by atoms with Gasteiger partial charge in [-0.05, 0) is 26.8 Å². The van der Waals surface area contributed by atoms with E-state index in [0.29, 0.717) is 0 Å². The summed E-state index contributed by atoms with van der Waals surface area (Å²) in [4.78, 5) is 0. The molecule has 0 bridgehead atoms. The Morgan fingerprint density at radius 1 is 1.44 bits per heavy atom. The summed E-state index contributed by atoms with van der Waals surface area (Å²) in [7, 11) is 1.91. The number of allylic oxidation sites excluding steroid dienone is 3. The van der Waals surface area contributed by atoms with E-state index in [2.05, 4.69) is 36.5 Å². The van der Waals surface area contributed by atoms with Gasteiger partial charge in [0.05, 0.1) is 6.10 Å². The summed E-state index contributed by atoms with van der Waals surface area (Å²) in [5.74, 6) is 0. The van der Waals surface area contributed by atoms with Gasteiger partial charge in [0.1, 0.15) is 0 Å². The second-order valence-electron chi connectivity index (χ2n) is 4.85. The molecule has 0 saturated heterocycles. The van der Waals surface area contributed by atoms with Gasteiger partial charge < -0.3 is 10.4 Å². The van der Waals surface area contributed by atoms with Crippen molar-refractivity contribution in [3.8, 4) is 0 Å². The molecular formula is C14H25NO. The Balaban J connectivity index is 2.77. The normalized spacial score (nSPS) is 28.0. The molecule has 0 heterocycles. The van der Waals surface area contributed by atoms with Crippen molar-refractivity contribution in [1.82, 2.24) is 5.32 Å². The number of nitrogens with one attached hydrogen (secondary N) is 1. The number of aliphatic hydroxyl groups excluding tert-OH is 1. The largest absolute Gasteiger partial charge is 0.391 e. The van der Waals surface area contributed by atoms with Crippen LogP contribution in [-0.2, 0) is 0 Å². The van der Waals surface area contributed by atoms with E-state index in [9.17, 15) is 5.11 Å². The van der Waals surface area contributed by atoms with Crippen LogP contribution in [0.1, 0.15) is 39.5 Å². The van der Waals surface area contributed by atoms with E-state index < -0.39 is 0 Å². The van der Waals surface area contributed by atoms with Crippen LogP contribution in [0.15, 0.2) is 24.3 Å². The average molecular weight is 223 g/mol. The third kappa shape index (κ3) is 2.96. The van der Waals surface area contributed by atoms with Gasteiger partial charge in [-0.25, -0.2) is 0 Å². The standard InChI is InChI=1S/C14H25NO/c1-4-5-9-14(10-7-6-8-11-14)13(16)12(2)15-3/h6-8,10,12-13,15-16H,4-5,9,11H2,1-3H3. The van der Waals surface area contributed by atoms with Crippen LogP contribution >= 0.6 is 0 Å². The van der Waals surface area contributed by atoms with E-state index in [4.69, 9.17) is 0 Å². The summed E-state index contributed by atoms with van der Waals surface area (Å²) in [5.41, 5.74) is -0.0623. The van der Waals surface area contributed by atoms with Gasteiger partial charge >= 0.3 is 0 Å². The Morgan fingerprint density at radius 2 is 2.19 bits per heavy atom. The zero-order valence-corrected chi connectivity index (χ0v) is 10.7. The molecule has 3 atom stereocenters. The Bertz CT molecular complexity index is 259. The molecule has 92 valence electrons. The molecule has 2 heteroatoms. The molecule has 2 N–H and O–H groups in total. The van der Waals surface area contributed by atoms with Crippen molar-refractivity contribution in [3.05, 3.63) is 24.3 Å². The molecule has 0 amide bonds. The second-order valence-corrected chi connectivity index (χ2v) is 4.85. The highest BCUT2D eigenvalue weighted by atomic mass is 16.3. The molecule has 0 fully saturated rings. The van der Waals surface area contributed by atoms with E-state index in [1.165, 1.54) is 12.8 Å². The highest BCUT2D eigenvalue weighted by molar-refractivity contribution is 5.19. The summed E-state index contributed by atoms with van der Waals surface area (Å²) in [6, 6.07) is 0.132. The maximum Gasteiger partial charge on any atom is 0.0783 e. The van der Waals surface area contributed by atoms with Crippen molar-refractivity contribution in [2.45, 2.75) is 51.7 Å². The number of hydrogen-bond donors (Lipinski definition) is 2. The quantitative estimate of drug-likeness (QED) is 0.725. The minimum absolute atomic E-state index is 0.0623. The zero-order valence-electron chi connectivity index (χ0n) is 10.7. The topological polar surface area (TPSA) is 32.3 Å². The van der Waals surface area contributed by atoms with Crippen molar-refractivity contribution in [3.63, 3.8) is 0 Å². The van der Waals surface area contributed by atoms with Crippen molar-refractivity contribution in [2.75, 3.05) is 7.05 Å². The van der Waals surface area contributed by atoms with Crippen molar-refractivity contribution in [2.24, 2.45) is 5.41 Å². The minimum Gasteiger partial charge on any atom is -0.391 e. The predicted molar refractivity (Wildman–Crippen MR) is 69.4 cm³/mol. The predicted octanol–water partition coefficient (Wildman–Crippen LogP) is 2.65. The number of unbranched alkanes of at least 4 members (excludes halogenated alkanes) is 1. The zero-order chi connectivity index (χ0) is 12.0. The van der Waals surface area contributed by atoms with E-state index in [1.54, 1.807) is 0 Å². The molecular weight excluding hydrogens is 198 g/mol. The third-order valence-corrected chi connectivity index (χ3v) is 3.69. The molecule has 0 aromatic carbocycles. The van der Waals surface area contributed by atoms with Gasteiger partial charge in [0.2, 0.25) is 0 Å². The molecule has 0 spiro atoms. The molecule has 0 radical (unpaired) electrons. The first-order chi connectivity index (χ1) is 7.66. The summed E-state index contributed by atoms with van der Waals surface area (Å²) < 4.78 is 0. The summed E-state index contributed by atoms with van der Waals surface area (Å²) >= 11 is 0. The lowest BCUT2D eigenvalue weighted by atomic mass is 9.71. The van der Waals surface area contributed by atoms with Crippen LogP contribution in [0.25, 0.3) is 0 Å². The third-order valence-electron chi connectivity index (χ3n) is 3.69. The Morgan fingerprint density at radius 3 is 2.69 bits per heavy atom. The van der Waals surface area contributed by atoms with Gasteiger partial charge in [-0.1, -0.05) is 44.1 Å². The average Bonchev–Trinajstić information content (AvgIpc) is 2.35. The van der Waals surface area contributed by atoms with Crippen molar-refractivity contribution in [1.29, 1.82) is 0 Å². The van der Waals surface area contributed by atoms with Crippen molar-refractivity contribution >= 4 is 0 Å². The summed E-state index contributed by atoms with van der Waals surface area (Å²) in [5, 5.41) is 13.6. The molecule has 1 rings (SSSR count). The van der Waals surface area contributed by atoms with Gasteiger partial charge in [0, 0.05) is 11.5 Å². The number of likely N-dealkylation sites (N-methyl/N-ethyl adjacent to an activating group) is 1. The number of hydrogen-bond acceptors (Lipinski definition) is 2.